The Morgan fingerprint density at radius 1 is 1.19 bits per heavy atom. The molecular weight excluding hydrogens is 342 g/mol. The molecule has 1 atom stereocenters. The molecule has 0 aliphatic carbocycles. The summed E-state index contributed by atoms with van der Waals surface area (Å²) in [4.78, 5) is 12.2. The van der Waals surface area contributed by atoms with E-state index in [0.717, 1.165) is 34.6 Å². The van der Waals surface area contributed by atoms with Crippen molar-refractivity contribution < 1.29 is 19.0 Å². The summed E-state index contributed by atoms with van der Waals surface area (Å²) in [5, 5.41) is 2.90. The highest BCUT2D eigenvalue weighted by Crippen LogP contribution is 2.35. The monoisotopic (exact) mass is 369 g/mol. The third-order valence-electron chi connectivity index (χ3n) is 4.70. The molecule has 0 aromatic heterocycles. The molecule has 0 fully saturated rings. The van der Waals surface area contributed by atoms with E-state index in [2.05, 4.69) is 5.32 Å². The third-order valence-corrected chi connectivity index (χ3v) is 4.70. The molecular formula is C22H27NO4. The van der Waals surface area contributed by atoms with Crippen LogP contribution in [0.15, 0.2) is 30.3 Å². The van der Waals surface area contributed by atoms with E-state index >= 15 is 0 Å². The number of ether oxygens (including phenoxy) is 3. The van der Waals surface area contributed by atoms with E-state index in [1.807, 2.05) is 58.0 Å². The lowest BCUT2D eigenvalue weighted by atomic mass is 10.1. The van der Waals surface area contributed by atoms with Gasteiger partial charge < -0.3 is 19.5 Å². The highest BCUT2D eigenvalue weighted by Gasteiger charge is 2.22. The van der Waals surface area contributed by atoms with Crippen LogP contribution in [0, 0.1) is 13.8 Å². The normalized spacial score (nSPS) is 15.0. The maximum absolute atomic E-state index is 12.2. The van der Waals surface area contributed by atoms with Gasteiger partial charge in [-0.25, -0.2) is 0 Å². The number of benzene rings is 2. The molecule has 0 saturated heterocycles. The van der Waals surface area contributed by atoms with Gasteiger partial charge in [0.1, 0.15) is 23.4 Å². The fraction of sp³-hybridized carbons (Fsp3) is 0.409. The Kier molecular flexibility index (Phi) is 5.89. The molecule has 1 aliphatic rings. The SMILES string of the molecule is CCOc1cc2c(cc1CNC(=O)COc1ccc(C)c(C)c1)OC(C)C2. The molecule has 1 heterocycles. The van der Waals surface area contributed by atoms with E-state index in [-0.39, 0.29) is 18.6 Å². The zero-order chi connectivity index (χ0) is 19.4. The molecule has 5 heteroatoms. The lowest BCUT2D eigenvalue weighted by Gasteiger charge is -2.14. The van der Waals surface area contributed by atoms with Crippen LogP contribution in [0.3, 0.4) is 0 Å². The van der Waals surface area contributed by atoms with E-state index in [1.165, 1.54) is 5.56 Å². The van der Waals surface area contributed by atoms with Crippen molar-refractivity contribution in [3.05, 3.63) is 52.6 Å². The van der Waals surface area contributed by atoms with Gasteiger partial charge in [0.2, 0.25) is 0 Å². The Labute approximate surface area is 160 Å². The molecule has 1 N–H and O–H groups in total. The molecule has 144 valence electrons. The fourth-order valence-electron chi connectivity index (χ4n) is 3.11. The maximum atomic E-state index is 12.2. The van der Waals surface area contributed by atoms with Crippen molar-refractivity contribution in [3.8, 4) is 17.2 Å². The Hall–Kier alpha value is -2.69. The predicted molar refractivity (Wildman–Crippen MR) is 105 cm³/mol. The third kappa shape index (κ3) is 4.73. The Bertz CT molecular complexity index is 831. The van der Waals surface area contributed by atoms with Crippen LogP contribution in [0.4, 0.5) is 0 Å². The zero-order valence-corrected chi connectivity index (χ0v) is 16.4. The van der Waals surface area contributed by atoms with Gasteiger partial charge in [-0.3, -0.25) is 4.79 Å². The maximum Gasteiger partial charge on any atom is 0.258 e. The van der Waals surface area contributed by atoms with E-state index in [9.17, 15) is 4.79 Å². The molecule has 0 spiro atoms. The second-order valence-electron chi connectivity index (χ2n) is 6.94. The molecule has 27 heavy (non-hydrogen) atoms. The lowest BCUT2D eigenvalue weighted by Crippen LogP contribution is -2.28. The molecule has 1 aliphatic heterocycles. The first-order valence-corrected chi connectivity index (χ1v) is 9.38. The van der Waals surface area contributed by atoms with Gasteiger partial charge >= 0.3 is 0 Å². The van der Waals surface area contributed by atoms with Crippen LogP contribution in [0.2, 0.25) is 0 Å². The van der Waals surface area contributed by atoms with Crippen LogP contribution >= 0.6 is 0 Å². The van der Waals surface area contributed by atoms with Gasteiger partial charge in [0.15, 0.2) is 6.61 Å². The molecule has 1 unspecified atom stereocenters. The summed E-state index contributed by atoms with van der Waals surface area (Å²) in [6, 6.07) is 9.79. The van der Waals surface area contributed by atoms with Crippen molar-refractivity contribution in [1.82, 2.24) is 5.32 Å². The van der Waals surface area contributed by atoms with E-state index < -0.39 is 0 Å². The van der Waals surface area contributed by atoms with Gasteiger partial charge in [0.25, 0.3) is 5.91 Å². The molecule has 5 nitrogen and oxygen atoms in total. The Balaban J connectivity index is 1.59. The van der Waals surface area contributed by atoms with Crippen LogP contribution in [0.1, 0.15) is 36.1 Å². The summed E-state index contributed by atoms with van der Waals surface area (Å²) in [5.74, 6) is 2.19. The lowest BCUT2D eigenvalue weighted by molar-refractivity contribution is -0.123. The average Bonchev–Trinajstić information content (AvgIpc) is 3.00. The van der Waals surface area contributed by atoms with Crippen LogP contribution in [0.25, 0.3) is 0 Å². The van der Waals surface area contributed by atoms with Gasteiger partial charge in [-0.1, -0.05) is 6.07 Å². The number of fused-ring (bicyclic) bond motifs is 1. The van der Waals surface area contributed by atoms with Gasteiger partial charge in [-0.15, -0.1) is 0 Å². The highest BCUT2D eigenvalue weighted by molar-refractivity contribution is 5.77. The zero-order valence-electron chi connectivity index (χ0n) is 16.4. The summed E-state index contributed by atoms with van der Waals surface area (Å²) in [7, 11) is 0. The summed E-state index contributed by atoms with van der Waals surface area (Å²) in [5.41, 5.74) is 4.40. The summed E-state index contributed by atoms with van der Waals surface area (Å²) in [6.07, 6.45) is 1.05. The van der Waals surface area contributed by atoms with Crippen LogP contribution in [0.5, 0.6) is 17.2 Å². The first-order valence-electron chi connectivity index (χ1n) is 9.38. The average molecular weight is 369 g/mol. The molecule has 2 aromatic carbocycles. The number of hydrogen-bond acceptors (Lipinski definition) is 4. The van der Waals surface area contributed by atoms with Crippen molar-refractivity contribution in [2.75, 3.05) is 13.2 Å². The fourth-order valence-corrected chi connectivity index (χ4v) is 3.11. The Morgan fingerprint density at radius 3 is 2.74 bits per heavy atom. The highest BCUT2D eigenvalue weighted by atomic mass is 16.5. The van der Waals surface area contributed by atoms with Crippen LogP contribution < -0.4 is 19.5 Å². The van der Waals surface area contributed by atoms with Crippen LogP contribution in [-0.2, 0) is 17.8 Å². The molecule has 0 radical (unpaired) electrons. The molecule has 1 amide bonds. The summed E-state index contributed by atoms with van der Waals surface area (Å²) < 4.78 is 17.2. The molecule has 0 saturated carbocycles. The minimum absolute atomic E-state index is 0.0229. The number of hydrogen-bond donors (Lipinski definition) is 1. The number of carbonyl (C=O) groups is 1. The van der Waals surface area contributed by atoms with Crippen molar-refractivity contribution in [2.24, 2.45) is 0 Å². The first-order chi connectivity index (χ1) is 13.0. The molecule has 3 rings (SSSR count). The minimum atomic E-state index is -0.175. The molecule has 0 bridgehead atoms. The van der Waals surface area contributed by atoms with Gasteiger partial charge in [0.05, 0.1) is 6.61 Å². The molecule has 2 aromatic rings. The van der Waals surface area contributed by atoms with E-state index in [4.69, 9.17) is 14.2 Å². The van der Waals surface area contributed by atoms with E-state index in [0.29, 0.717) is 18.9 Å². The van der Waals surface area contributed by atoms with Crippen molar-refractivity contribution in [1.29, 1.82) is 0 Å². The number of aryl methyl sites for hydroxylation is 2. The second-order valence-corrected chi connectivity index (χ2v) is 6.94. The smallest absolute Gasteiger partial charge is 0.258 e. The van der Waals surface area contributed by atoms with Crippen molar-refractivity contribution >= 4 is 5.91 Å². The summed E-state index contributed by atoms with van der Waals surface area (Å²) >= 11 is 0. The first kappa shape index (κ1) is 19.1. The number of rotatable bonds is 7. The van der Waals surface area contributed by atoms with Crippen LogP contribution in [-0.4, -0.2) is 25.2 Å². The largest absolute Gasteiger partial charge is 0.494 e. The quantitative estimate of drug-likeness (QED) is 0.808. The van der Waals surface area contributed by atoms with Gasteiger partial charge in [0, 0.05) is 24.1 Å². The van der Waals surface area contributed by atoms with E-state index in [1.54, 1.807) is 0 Å². The van der Waals surface area contributed by atoms with Crippen molar-refractivity contribution in [3.63, 3.8) is 0 Å². The number of amides is 1. The minimum Gasteiger partial charge on any atom is -0.494 e. The number of nitrogens with one attached hydrogen (secondary N) is 1. The topological polar surface area (TPSA) is 56.8 Å². The predicted octanol–water partition coefficient (Wildman–Crippen LogP) is 3.72. The Morgan fingerprint density at radius 2 is 2.00 bits per heavy atom. The van der Waals surface area contributed by atoms with Gasteiger partial charge in [-0.05, 0) is 63.1 Å². The van der Waals surface area contributed by atoms with Gasteiger partial charge in [-0.2, -0.15) is 0 Å². The van der Waals surface area contributed by atoms with Crippen molar-refractivity contribution in [2.45, 2.75) is 46.8 Å². The standard InChI is InChI=1S/C22H27NO4/c1-5-25-20-10-17-9-16(4)27-21(17)11-18(20)12-23-22(24)13-26-19-7-6-14(2)15(3)8-19/h6-8,10-11,16H,5,9,12-13H2,1-4H3,(H,23,24). The second kappa shape index (κ2) is 8.33. The summed E-state index contributed by atoms with van der Waals surface area (Å²) in [6.45, 7) is 8.99. The number of carbonyl (C=O) groups excluding carboxylic acids is 1.